The van der Waals surface area contributed by atoms with Gasteiger partial charge in [0.05, 0.1) is 10.6 Å². The van der Waals surface area contributed by atoms with Crippen molar-refractivity contribution in [3.05, 3.63) is 28.8 Å². The van der Waals surface area contributed by atoms with Gasteiger partial charge in [0.1, 0.15) is 12.1 Å². The number of amides is 3. The first kappa shape index (κ1) is 14.3. The highest BCUT2D eigenvalue weighted by Crippen LogP contribution is 2.28. The molecule has 1 heterocycles. The summed E-state index contributed by atoms with van der Waals surface area (Å²) in [6.45, 7) is 2.89. The molecule has 3 amide bonds. The van der Waals surface area contributed by atoms with E-state index in [1.807, 2.05) is 0 Å². The van der Waals surface area contributed by atoms with Crippen LogP contribution in [0.3, 0.4) is 0 Å². The van der Waals surface area contributed by atoms with Crippen molar-refractivity contribution in [3.63, 3.8) is 0 Å². The molecule has 0 saturated carbocycles. The maximum atomic E-state index is 12.6. The standard InChI is InChI=1S/C13H14ClN3O3/c1-13(2)12(20)16-9(18)6-17(13)11(19)10-7(14)4-3-5-8(10)15/h3-5H,6,15H2,1-2H3,(H,16,18,20). The summed E-state index contributed by atoms with van der Waals surface area (Å²) in [5.74, 6) is -1.61. The van der Waals surface area contributed by atoms with Crippen LogP contribution in [0.15, 0.2) is 18.2 Å². The van der Waals surface area contributed by atoms with Crippen molar-refractivity contribution < 1.29 is 14.4 Å². The van der Waals surface area contributed by atoms with Crippen molar-refractivity contribution in [2.24, 2.45) is 0 Å². The van der Waals surface area contributed by atoms with Gasteiger partial charge in [0.15, 0.2) is 0 Å². The van der Waals surface area contributed by atoms with Crippen LogP contribution >= 0.6 is 11.6 Å². The lowest BCUT2D eigenvalue weighted by Crippen LogP contribution is -2.65. The molecule has 3 N–H and O–H groups in total. The molecule has 0 radical (unpaired) electrons. The summed E-state index contributed by atoms with van der Waals surface area (Å²) in [7, 11) is 0. The Labute approximate surface area is 120 Å². The van der Waals surface area contributed by atoms with Crippen molar-refractivity contribution in [3.8, 4) is 0 Å². The number of halogens is 1. The number of anilines is 1. The fourth-order valence-electron chi connectivity index (χ4n) is 2.01. The second-order valence-electron chi connectivity index (χ2n) is 5.03. The third-order valence-electron chi connectivity index (χ3n) is 3.29. The van der Waals surface area contributed by atoms with Crippen LogP contribution in [-0.2, 0) is 9.59 Å². The molecule has 0 bridgehead atoms. The average Bonchev–Trinajstić information content (AvgIpc) is 2.33. The number of benzene rings is 1. The number of rotatable bonds is 1. The van der Waals surface area contributed by atoms with E-state index in [0.717, 1.165) is 0 Å². The van der Waals surface area contributed by atoms with Crippen molar-refractivity contribution in [2.75, 3.05) is 12.3 Å². The van der Waals surface area contributed by atoms with E-state index >= 15 is 0 Å². The molecule has 7 heteroatoms. The lowest BCUT2D eigenvalue weighted by molar-refractivity contribution is -0.143. The Balaban J connectivity index is 2.46. The van der Waals surface area contributed by atoms with Crippen LogP contribution in [0.2, 0.25) is 5.02 Å². The van der Waals surface area contributed by atoms with E-state index < -0.39 is 23.3 Å². The zero-order valence-electron chi connectivity index (χ0n) is 11.1. The second-order valence-corrected chi connectivity index (χ2v) is 5.44. The molecule has 1 fully saturated rings. The van der Waals surface area contributed by atoms with Gasteiger partial charge < -0.3 is 10.6 Å². The quantitative estimate of drug-likeness (QED) is 0.592. The van der Waals surface area contributed by atoms with Crippen LogP contribution in [0.5, 0.6) is 0 Å². The molecule has 0 aromatic heterocycles. The zero-order valence-corrected chi connectivity index (χ0v) is 11.8. The number of hydrogen-bond acceptors (Lipinski definition) is 4. The molecule has 106 valence electrons. The van der Waals surface area contributed by atoms with E-state index in [1.165, 1.54) is 17.0 Å². The third kappa shape index (κ3) is 2.22. The summed E-state index contributed by atoms with van der Waals surface area (Å²) in [5, 5.41) is 2.38. The summed E-state index contributed by atoms with van der Waals surface area (Å²) >= 11 is 6.00. The lowest BCUT2D eigenvalue weighted by Gasteiger charge is -2.40. The maximum Gasteiger partial charge on any atom is 0.258 e. The van der Waals surface area contributed by atoms with Gasteiger partial charge in [-0.25, -0.2) is 0 Å². The molecule has 1 aromatic rings. The monoisotopic (exact) mass is 295 g/mol. The van der Waals surface area contributed by atoms with Gasteiger partial charge in [-0.2, -0.15) is 0 Å². The van der Waals surface area contributed by atoms with Gasteiger partial charge >= 0.3 is 0 Å². The molecule has 6 nitrogen and oxygen atoms in total. The lowest BCUT2D eigenvalue weighted by atomic mass is 9.97. The van der Waals surface area contributed by atoms with E-state index in [1.54, 1.807) is 19.9 Å². The Morgan fingerprint density at radius 3 is 2.65 bits per heavy atom. The zero-order chi connectivity index (χ0) is 15.1. The highest BCUT2D eigenvalue weighted by Gasteiger charge is 2.44. The van der Waals surface area contributed by atoms with Crippen LogP contribution in [0.4, 0.5) is 5.69 Å². The molecule has 1 aromatic carbocycles. The topological polar surface area (TPSA) is 92.5 Å². The number of nitrogens with zero attached hydrogens (tertiary/aromatic N) is 1. The van der Waals surface area contributed by atoms with Crippen molar-refractivity contribution in [2.45, 2.75) is 19.4 Å². The Morgan fingerprint density at radius 2 is 2.05 bits per heavy atom. The predicted molar refractivity (Wildman–Crippen MR) is 74.1 cm³/mol. The van der Waals surface area contributed by atoms with Crippen LogP contribution in [0, 0.1) is 0 Å². The SMILES string of the molecule is CC1(C)C(=O)NC(=O)CN1C(=O)c1c(N)cccc1Cl. The first-order valence-corrected chi connectivity index (χ1v) is 6.33. The molecule has 0 aliphatic carbocycles. The van der Waals surface area contributed by atoms with Gasteiger partial charge in [-0.15, -0.1) is 0 Å². The molecule has 2 rings (SSSR count). The summed E-state index contributed by atoms with van der Waals surface area (Å²) in [5.41, 5.74) is 4.92. The highest BCUT2D eigenvalue weighted by molar-refractivity contribution is 6.34. The Bertz CT molecular complexity index is 593. The molecule has 1 saturated heterocycles. The van der Waals surface area contributed by atoms with Crippen molar-refractivity contribution >= 4 is 35.0 Å². The number of piperazine rings is 1. The number of hydrogen-bond donors (Lipinski definition) is 2. The summed E-state index contributed by atoms with van der Waals surface area (Å²) < 4.78 is 0. The van der Waals surface area contributed by atoms with E-state index in [4.69, 9.17) is 17.3 Å². The number of carbonyl (C=O) groups excluding carboxylic acids is 3. The molecule has 0 atom stereocenters. The van der Waals surface area contributed by atoms with Crippen LogP contribution < -0.4 is 11.1 Å². The number of carbonyl (C=O) groups is 3. The minimum atomic E-state index is -1.16. The van der Waals surface area contributed by atoms with E-state index in [9.17, 15) is 14.4 Å². The molecular weight excluding hydrogens is 282 g/mol. The largest absolute Gasteiger partial charge is 0.398 e. The van der Waals surface area contributed by atoms with Crippen LogP contribution in [0.25, 0.3) is 0 Å². The minimum absolute atomic E-state index is 0.102. The van der Waals surface area contributed by atoms with Gasteiger partial charge in [0.25, 0.3) is 11.8 Å². The smallest absolute Gasteiger partial charge is 0.258 e. The molecular formula is C13H14ClN3O3. The third-order valence-corrected chi connectivity index (χ3v) is 3.60. The highest BCUT2D eigenvalue weighted by atomic mass is 35.5. The van der Waals surface area contributed by atoms with Crippen molar-refractivity contribution in [1.29, 1.82) is 0 Å². The molecule has 1 aliphatic rings. The maximum absolute atomic E-state index is 12.6. The second kappa shape index (κ2) is 4.79. The van der Waals surface area contributed by atoms with Gasteiger partial charge in [-0.3, -0.25) is 19.7 Å². The van der Waals surface area contributed by atoms with E-state index in [0.29, 0.717) is 0 Å². The number of nitrogens with one attached hydrogen (secondary N) is 1. The number of nitrogen functional groups attached to an aromatic ring is 1. The van der Waals surface area contributed by atoms with Gasteiger partial charge in [-0.1, -0.05) is 17.7 Å². The molecule has 0 unspecified atom stereocenters. The average molecular weight is 296 g/mol. The Kier molecular flexibility index (Phi) is 3.43. The van der Waals surface area contributed by atoms with E-state index in [-0.39, 0.29) is 22.8 Å². The predicted octanol–water partition coefficient (Wildman–Crippen LogP) is 0.799. The fraction of sp³-hybridized carbons (Fsp3) is 0.308. The van der Waals surface area contributed by atoms with Crippen LogP contribution in [0.1, 0.15) is 24.2 Å². The summed E-state index contributed by atoms with van der Waals surface area (Å²) in [4.78, 5) is 37.1. The van der Waals surface area contributed by atoms with Gasteiger partial charge in [0, 0.05) is 5.69 Å². The number of imide groups is 1. The Hall–Kier alpha value is -2.08. The Morgan fingerprint density at radius 1 is 1.40 bits per heavy atom. The summed E-state index contributed by atoms with van der Waals surface area (Å²) in [6.07, 6.45) is 0. The van der Waals surface area contributed by atoms with Gasteiger partial charge in [-0.05, 0) is 26.0 Å². The van der Waals surface area contributed by atoms with E-state index in [2.05, 4.69) is 5.32 Å². The number of nitrogens with two attached hydrogens (primary N) is 1. The first-order chi connectivity index (χ1) is 9.25. The minimum Gasteiger partial charge on any atom is -0.398 e. The summed E-state index contributed by atoms with van der Waals surface area (Å²) in [6, 6.07) is 4.69. The van der Waals surface area contributed by atoms with Crippen molar-refractivity contribution in [1.82, 2.24) is 10.2 Å². The molecule has 1 aliphatic heterocycles. The van der Waals surface area contributed by atoms with Crippen LogP contribution in [-0.4, -0.2) is 34.7 Å². The van der Waals surface area contributed by atoms with Gasteiger partial charge in [0.2, 0.25) is 5.91 Å². The molecule has 20 heavy (non-hydrogen) atoms. The fourth-order valence-corrected chi connectivity index (χ4v) is 2.27. The molecule has 0 spiro atoms. The first-order valence-electron chi connectivity index (χ1n) is 5.95. The normalized spacial score (nSPS) is 17.9.